The SMILES string of the molecule is CC(C)c1ccc(CN2CCC[C@@](O)(CN3CCC(N(C)C)CC3)C2=O)cc1. The Bertz CT molecular complexity index is 650. The van der Waals surface area contributed by atoms with Crippen LogP contribution >= 0.6 is 0 Å². The summed E-state index contributed by atoms with van der Waals surface area (Å²) in [6, 6.07) is 9.13. The molecule has 156 valence electrons. The lowest BCUT2D eigenvalue weighted by molar-refractivity contribution is -0.160. The Morgan fingerprint density at radius 1 is 1.14 bits per heavy atom. The van der Waals surface area contributed by atoms with Crippen LogP contribution in [0, 0.1) is 0 Å². The van der Waals surface area contributed by atoms with E-state index in [1.807, 2.05) is 4.90 Å². The molecule has 5 heteroatoms. The first-order chi connectivity index (χ1) is 13.3. The van der Waals surface area contributed by atoms with Crippen LogP contribution in [0.4, 0.5) is 0 Å². The van der Waals surface area contributed by atoms with Gasteiger partial charge in [-0.2, -0.15) is 0 Å². The summed E-state index contributed by atoms with van der Waals surface area (Å²) in [6.45, 7) is 8.06. The fourth-order valence-electron chi connectivity index (χ4n) is 4.55. The molecule has 0 spiro atoms. The van der Waals surface area contributed by atoms with E-state index < -0.39 is 5.60 Å². The molecule has 2 fully saturated rings. The topological polar surface area (TPSA) is 47.0 Å². The molecule has 2 aliphatic heterocycles. The van der Waals surface area contributed by atoms with E-state index in [1.165, 1.54) is 5.56 Å². The third-order valence-electron chi connectivity index (χ3n) is 6.50. The minimum Gasteiger partial charge on any atom is -0.379 e. The molecule has 0 unspecified atom stereocenters. The smallest absolute Gasteiger partial charge is 0.256 e. The Morgan fingerprint density at radius 3 is 2.36 bits per heavy atom. The summed E-state index contributed by atoms with van der Waals surface area (Å²) < 4.78 is 0. The monoisotopic (exact) mass is 387 g/mol. The van der Waals surface area contributed by atoms with Gasteiger partial charge in [-0.15, -0.1) is 0 Å². The zero-order chi connectivity index (χ0) is 20.3. The van der Waals surface area contributed by atoms with Crippen molar-refractivity contribution in [2.45, 2.75) is 63.6 Å². The van der Waals surface area contributed by atoms with E-state index in [9.17, 15) is 9.90 Å². The van der Waals surface area contributed by atoms with Gasteiger partial charge in [-0.1, -0.05) is 38.1 Å². The number of nitrogens with zero attached hydrogens (tertiary/aromatic N) is 3. The Kier molecular flexibility index (Phi) is 6.79. The highest BCUT2D eigenvalue weighted by Crippen LogP contribution is 2.27. The molecule has 3 rings (SSSR count). The van der Waals surface area contributed by atoms with Gasteiger partial charge in [0.2, 0.25) is 0 Å². The highest BCUT2D eigenvalue weighted by Gasteiger charge is 2.43. The van der Waals surface area contributed by atoms with Crippen molar-refractivity contribution in [2.24, 2.45) is 0 Å². The first-order valence-corrected chi connectivity index (χ1v) is 10.8. The van der Waals surface area contributed by atoms with Crippen molar-refractivity contribution < 1.29 is 9.90 Å². The standard InChI is InChI=1S/C23H37N3O2/c1-18(2)20-8-6-19(7-9-20)16-26-13-5-12-23(28,22(26)27)17-25-14-10-21(11-15-25)24(3)4/h6-9,18,21,28H,5,10-17H2,1-4H3/t23-/m1/s1. The van der Waals surface area contributed by atoms with Crippen LogP contribution in [0.15, 0.2) is 24.3 Å². The molecule has 5 nitrogen and oxygen atoms in total. The number of aliphatic hydroxyl groups is 1. The van der Waals surface area contributed by atoms with Gasteiger partial charge in [-0.3, -0.25) is 9.69 Å². The summed E-state index contributed by atoms with van der Waals surface area (Å²) in [5.74, 6) is 0.411. The summed E-state index contributed by atoms with van der Waals surface area (Å²) in [5.41, 5.74) is 1.21. The lowest BCUT2D eigenvalue weighted by Gasteiger charge is -2.43. The van der Waals surface area contributed by atoms with Crippen molar-refractivity contribution in [3.05, 3.63) is 35.4 Å². The van der Waals surface area contributed by atoms with Gasteiger partial charge < -0.3 is 14.9 Å². The second kappa shape index (κ2) is 8.93. The molecule has 2 saturated heterocycles. The summed E-state index contributed by atoms with van der Waals surface area (Å²) in [4.78, 5) is 19.5. The maximum absolute atomic E-state index is 13.1. The van der Waals surface area contributed by atoms with E-state index in [0.717, 1.165) is 44.5 Å². The van der Waals surface area contributed by atoms with E-state index in [2.05, 4.69) is 62.0 Å². The zero-order valence-electron chi connectivity index (χ0n) is 18.0. The van der Waals surface area contributed by atoms with Gasteiger partial charge in [-0.05, 0) is 69.9 Å². The largest absolute Gasteiger partial charge is 0.379 e. The minimum atomic E-state index is -1.24. The highest BCUT2D eigenvalue weighted by atomic mass is 16.3. The van der Waals surface area contributed by atoms with Gasteiger partial charge >= 0.3 is 0 Å². The fraction of sp³-hybridized carbons (Fsp3) is 0.696. The molecule has 1 aromatic rings. The molecule has 1 amide bonds. The molecular formula is C23H37N3O2. The first-order valence-electron chi connectivity index (χ1n) is 10.8. The molecule has 1 atom stereocenters. The molecule has 0 aromatic heterocycles. The quantitative estimate of drug-likeness (QED) is 0.815. The van der Waals surface area contributed by atoms with Crippen molar-refractivity contribution in [3.8, 4) is 0 Å². The number of benzene rings is 1. The van der Waals surface area contributed by atoms with Crippen LogP contribution in [0.5, 0.6) is 0 Å². The van der Waals surface area contributed by atoms with E-state index in [0.29, 0.717) is 31.5 Å². The Hall–Kier alpha value is -1.43. The predicted molar refractivity (Wildman–Crippen MR) is 113 cm³/mol. The number of amides is 1. The molecule has 2 heterocycles. The van der Waals surface area contributed by atoms with E-state index >= 15 is 0 Å². The third kappa shape index (κ3) is 4.94. The van der Waals surface area contributed by atoms with Crippen molar-refractivity contribution in [1.82, 2.24) is 14.7 Å². The number of β-amino-alcohol motifs (C(OH)–C–C–N with tert-alkyl or cyclic N) is 1. The average Bonchev–Trinajstić information content (AvgIpc) is 2.66. The van der Waals surface area contributed by atoms with Gasteiger partial charge in [0.25, 0.3) is 5.91 Å². The normalized spacial score (nSPS) is 25.1. The van der Waals surface area contributed by atoms with Crippen LogP contribution in [-0.4, -0.2) is 77.6 Å². The molecule has 28 heavy (non-hydrogen) atoms. The number of carbonyl (C=O) groups excluding carboxylic acids is 1. The predicted octanol–water partition coefficient (Wildman–Crippen LogP) is 2.69. The van der Waals surface area contributed by atoms with Crippen molar-refractivity contribution in [2.75, 3.05) is 40.3 Å². The van der Waals surface area contributed by atoms with Crippen LogP contribution < -0.4 is 0 Å². The second-order valence-electron chi connectivity index (χ2n) is 9.23. The van der Waals surface area contributed by atoms with Gasteiger partial charge in [0, 0.05) is 25.7 Å². The van der Waals surface area contributed by atoms with Gasteiger partial charge in [-0.25, -0.2) is 0 Å². The summed E-state index contributed by atoms with van der Waals surface area (Å²) in [5, 5.41) is 11.2. The average molecular weight is 388 g/mol. The maximum atomic E-state index is 13.1. The molecule has 0 radical (unpaired) electrons. The molecular weight excluding hydrogens is 350 g/mol. The van der Waals surface area contributed by atoms with Gasteiger partial charge in [0.05, 0.1) is 0 Å². The number of likely N-dealkylation sites (tertiary alicyclic amines) is 2. The summed E-state index contributed by atoms with van der Waals surface area (Å²) in [6.07, 6.45) is 3.63. The zero-order valence-corrected chi connectivity index (χ0v) is 18.0. The van der Waals surface area contributed by atoms with E-state index in [-0.39, 0.29) is 5.91 Å². The Morgan fingerprint density at radius 2 is 1.79 bits per heavy atom. The van der Waals surface area contributed by atoms with Crippen LogP contribution in [0.3, 0.4) is 0 Å². The number of hydrogen-bond acceptors (Lipinski definition) is 4. The molecule has 1 aromatic carbocycles. The fourth-order valence-corrected chi connectivity index (χ4v) is 4.55. The van der Waals surface area contributed by atoms with Crippen LogP contribution in [0.1, 0.15) is 56.6 Å². The molecule has 0 aliphatic carbocycles. The van der Waals surface area contributed by atoms with Crippen LogP contribution in [0.25, 0.3) is 0 Å². The summed E-state index contributed by atoms with van der Waals surface area (Å²) in [7, 11) is 4.26. The Balaban J connectivity index is 1.59. The van der Waals surface area contributed by atoms with Crippen molar-refractivity contribution >= 4 is 5.91 Å². The molecule has 0 bridgehead atoms. The molecule has 0 saturated carbocycles. The molecule has 2 aliphatic rings. The number of carbonyl (C=O) groups is 1. The number of rotatable bonds is 6. The van der Waals surface area contributed by atoms with E-state index in [4.69, 9.17) is 0 Å². The third-order valence-corrected chi connectivity index (χ3v) is 6.50. The van der Waals surface area contributed by atoms with Crippen LogP contribution in [-0.2, 0) is 11.3 Å². The maximum Gasteiger partial charge on any atom is 0.256 e. The number of piperidine rings is 2. The minimum absolute atomic E-state index is 0.0959. The lowest BCUT2D eigenvalue weighted by atomic mass is 9.89. The molecule has 1 N–H and O–H groups in total. The Labute approximate surface area is 170 Å². The van der Waals surface area contributed by atoms with E-state index in [1.54, 1.807) is 0 Å². The lowest BCUT2D eigenvalue weighted by Crippen LogP contribution is -2.59. The first kappa shape index (κ1) is 21.3. The highest BCUT2D eigenvalue weighted by molar-refractivity contribution is 5.86. The van der Waals surface area contributed by atoms with Crippen molar-refractivity contribution in [3.63, 3.8) is 0 Å². The van der Waals surface area contributed by atoms with Crippen LogP contribution in [0.2, 0.25) is 0 Å². The van der Waals surface area contributed by atoms with Crippen molar-refractivity contribution in [1.29, 1.82) is 0 Å². The summed E-state index contributed by atoms with van der Waals surface area (Å²) >= 11 is 0. The van der Waals surface area contributed by atoms with Gasteiger partial charge in [0.1, 0.15) is 0 Å². The number of hydrogen-bond donors (Lipinski definition) is 1. The van der Waals surface area contributed by atoms with Gasteiger partial charge in [0.15, 0.2) is 5.60 Å². The second-order valence-corrected chi connectivity index (χ2v) is 9.23.